The largest absolute Gasteiger partial charge is 0.480 e. The number of nitrogens with zero attached hydrogens (tertiary/aromatic N) is 2. The van der Waals surface area contributed by atoms with Gasteiger partial charge in [0, 0.05) is 0 Å². The molecule has 64 valence electrons. The first kappa shape index (κ1) is 8.75. The smallest absolute Gasteiger partial charge is 0.317 e. The van der Waals surface area contributed by atoms with Gasteiger partial charge in [-0.25, -0.2) is 5.43 Å². The molecule has 0 aromatic heterocycles. The van der Waals surface area contributed by atoms with Gasteiger partial charge in [-0.1, -0.05) is 0 Å². The number of aliphatic carboxylic acids is 1. The second-order valence-electron chi connectivity index (χ2n) is 2.18. The number of hydroxylamine groups is 1. The Labute approximate surface area is 68.7 Å². The van der Waals surface area contributed by atoms with Gasteiger partial charge in [-0.05, 0) is 0 Å². The Morgan fingerprint density at radius 1 is 1.82 bits per heavy atom. The molecule has 1 atom stereocenters. The van der Waals surface area contributed by atoms with E-state index in [2.05, 4.69) is 18.1 Å². The number of carbonyl (C=O) groups is 1. The van der Waals surface area contributed by atoms with Crippen molar-refractivity contribution in [3.05, 3.63) is 0 Å². The lowest BCUT2D eigenvalue weighted by atomic mass is 10.6. The second kappa shape index (κ2) is 3.37. The van der Waals surface area contributed by atoms with Gasteiger partial charge >= 0.3 is 5.97 Å². The van der Waals surface area contributed by atoms with Crippen molar-refractivity contribution in [3.8, 4) is 0 Å². The number of hydrazine groups is 1. The molecule has 1 unspecified atom stereocenters. The van der Waals surface area contributed by atoms with Gasteiger partial charge < -0.3 is 5.11 Å². The molecule has 11 heavy (non-hydrogen) atoms. The zero-order valence-electron chi connectivity index (χ0n) is 5.64. The molecule has 6 nitrogen and oxygen atoms in total. The van der Waals surface area contributed by atoms with E-state index in [4.69, 9.17) is 10.3 Å². The number of thiol groups is 1. The van der Waals surface area contributed by atoms with Crippen LogP contribution in [0.25, 0.3) is 0 Å². The number of hydrogen-bond acceptors (Lipinski definition) is 6. The van der Waals surface area contributed by atoms with Gasteiger partial charge in [0.15, 0.2) is 0 Å². The Morgan fingerprint density at radius 2 is 2.45 bits per heavy atom. The van der Waals surface area contributed by atoms with Crippen LogP contribution in [0.4, 0.5) is 0 Å². The van der Waals surface area contributed by atoms with Crippen molar-refractivity contribution in [3.63, 3.8) is 0 Å². The average molecular weight is 179 g/mol. The van der Waals surface area contributed by atoms with Crippen molar-refractivity contribution in [2.24, 2.45) is 0 Å². The lowest BCUT2D eigenvalue weighted by Gasteiger charge is -2.13. The summed E-state index contributed by atoms with van der Waals surface area (Å²) >= 11 is 3.97. The molecule has 0 spiro atoms. The maximum atomic E-state index is 10.2. The maximum absolute atomic E-state index is 10.2. The van der Waals surface area contributed by atoms with Crippen molar-refractivity contribution in [2.75, 3.05) is 13.2 Å². The van der Waals surface area contributed by atoms with Crippen LogP contribution in [0, 0.1) is 0 Å². The van der Waals surface area contributed by atoms with Gasteiger partial charge in [0.25, 0.3) is 0 Å². The van der Waals surface area contributed by atoms with E-state index in [1.165, 1.54) is 4.90 Å². The fourth-order valence-electron chi connectivity index (χ4n) is 0.815. The van der Waals surface area contributed by atoms with Gasteiger partial charge in [0.05, 0.1) is 13.2 Å². The molecule has 1 rings (SSSR count). The first-order chi connectivity index (χ1) is 5.09. The predicted molar refractivity (Wildman–Crippen MR) is 38.7 cm³/mol. The molecule has 3 N–H and O–H groups in total. The van der Waals surface area contributed by atoms with Crippen molar-refractivity contribution < 1.29 is 15.1 Å². The van der Waals surface area contributed by atoms with Crippen molar-refractivity contribution in [1.29, 1.82) is 0 Å². The minimum Gasteiger partial charge on any atom is -0.480 e. The first-order valence-electron chi connectivity index (χ1n) is 2.96. The van der Waals surface area contributed by atoms with Gasteiger partial charge in [0.1, 0.15) is 5.50 Å². The molecule has 0 saturated carbocycles. The quantitative estimate of drug-likeness (QED) is 0.397. The normalized spacial score (nSPS) is 27.6. The van der Waals surface area contributed by atoms with Crippen LogP contribution < -0.4 is 5.43 Å². The highest BCUT2D eigenvalue weighted by molar-refractivity contribution is 7.80. The predicted octanol–water partition coefficient (Wildman–Crippen LogP) is -1.25. The van der Waals surface area contributed by atoms with Crippen molar-refractivity contribution >= 4 is 18.6 Å². The molecule has 7 heteroatoms. The summed E-state index contributed by atoms with van der Waals surface area (Å²) in [6.07, 6.45) is 0. The van der Waals surface area contributed by atoms with E-state index < -0.39 is 11.5 Å². The average Bonchev–Trinajstić information content (AvgIpc) is 2.09. The second-order valence-corrected chi connectivity index (χ2v) is 2.67. The Bertz CT molecular complexity index is 167. The van der Waals surface area contributed by atoms with Gasteiger partial charge in [-0.2, -0.15) is 0 Å². The summed E-state index contributed by atoms with van der Waals surface area (Å²) < 4.78 is 0. The van der Waals surface area contributed by atoms with Crippen molar-refractivity contribution in [1.82, 2.24) is 15.5 Å². The van der Waals surface area contributed by atoms with Crippen molar-refractivity contribution in [2.45, 2.75) is 5.50 Å². The summed E-state index contributed by atoms with van der Waals surface area (Å²) in [6, 6.07) is 0. The molecule has 1 fully saturated rings. The molecule has 0 aliphatic carbocycles. The van der Waals surface area contributed by atoms with Gasteiger partial charge in [-0.15, -0.1) is 17.8 Å². The van der Waals surface area contributed by atoms with E-state index in [1.54, 1.807) is 0 Å². The van der Waals surface area contributed by atoms with E-state index in [0.717, 1.165) is 5.17 Å². The molecule has 0 aromatic rings. The van der Waals surface area contributed by atoms with Crippen LogP contribution >= 0.6 is 12.6 Å². The lowest BCUT2D eigenvalue weighted by Crippen LogP contribution is -2.35. The number of rotatable bonds is 2. The maximum Gasteiger partial charge on any atom is 0.317 e. The molecule has 0 aromatic carbocycles. The SMILES string of the molecule is O=C(O)CN1CN(O)NC1S. The van der Waals surface area contributed by atoms with Crippen LogP contribution in [0.3, 0.4) is 0 Å². The molecule has 1 heterocycles. The topological polar surface area (TPSA) is 76.0 Å². The van der Waals surface area contributed by atoms with Gasteiger partial charge in [-0.3, -0.25) is 14.9 Å². The van der Waals surface area contributed by atoms with Crippen LogP contribution in [0.5, 0.6) is 0 Å². The van der Waals surface area contributed by atoms with Gasteiger partial charge in [0.2, 0.25) is 0 Å². The summed E-state index contributed by atoms with van der Waals surface area (Å²) in [6.45, 7) is -0.00130. The van der Waals surface area contributed by atoms with Crippen LogP contribution in [-0.4, -0.2) is 45.1 Å². The number of carboxylic acids is 1. The lowest BCUT2D eigenvalue weighted by molar-refractivity contribution is -0.140. The van der Waals surface area contributed by atoms with Crippen LogP contribution in [-0.2, 0) is 4.79 Å². The summed E-state index contributed by atoms with van der Waals surface area (Å²) in [4.78, 5) is 11.7. The monoisotopic (exact) mass is 179 g/mol. The Morgan fingerprint density at radius 3 is 2.82 bits per heavy atom. The molecule has 1 aliphatic rings. The first-order valence-corrected chi connectivity index (χ1v) is 3.48. The fourth-order valence-corrected chi connectivity index (χ4v) is 1.10. The van der Waals surface area contributed by atoms with Crippen LogP contribution in [0.1, 0.15) is 0 Å². The minimum absolute atomic E-state index is 0.139. The number of hydrogen-bond donors (Lipinski definition) is 4. The molecule has 1 aliphatic heterocycles. The molecule has 1 saturated heterocycles. The zero-order chi connectivity index (χ0) is 8.43. The van der Waals surface area contributed by atoms with E-state index in [1.807, 2.05) is 0 Å². The van der Waals surface area contributed by atoms with E-state index in [0.29, 0.717) is 0 Å². The van der Waals surface area contributed by atoms with Crippen LogP contribution in [0.2, 0.25) is 0 Å². The summed E-state index contributed by atoms with van der Waals surface area (Å²) in [5.74, 6) is -0.943. The Hall–Kier alpha value is -0.340. The highest BCUT2D eigenvalue weighted by atomic mass is 32.1. The molecule has 0 radical (unpaired) electrons. The highest BCUT2D eigenvalue weighted by Crippen LogP contribution is 2.07. The number of carboxylic acid groups (broad SMARTS) is 1. The fraction of sp³-hybridized carbons (Fsp3) is 0.750. The standard InChI is InChI=1S/C4H9N3O3S/c8-3(9)1-6-2-7(10)5-4(6)11/h4-5,10-11H,1-2H2,(H,8,9). The summed E-state index contributed by atoms with van der Waals surface area (Å²) in [7, 11) is 0. The Balaban J connectivity index is 2.40. The van der Waals surface area contributed by atoms with Crippen LogP contribution in [0.15, 0.2) is 0 Å². The van der Waals surface area contributed by atoms with E-state index in [-0.39, 0.29) is 13.2 Å². The minimum atomic E-state index is -0.943. The van der Waals surface area contributed by atoms with E-state index >= 15 is 0 Å². The molecular formula is C4H9N3O3S. The molecular weight excluding hydrogens is 170 g/mol. The molecule has 0 amide bonds. The Kier molecular flexibility index (Phi) is 2.68. The third-order valence-corrected chi connectivity index (χ3v) is 1.71. The highest BCUT2D eigenvalue weighted by Gasteiger charge is 2.27. The number of nitrogens with one attached hydrogen (secondary N) is 1. The third kappa shape index (κ3) is 2.31. The third-order valence-electron chi connectivity index (χ3n) is 1.26. The van der Waals surface area contributed by atoms with E-state index in [9.17, 15) is 4.79 Å². The molecule has 0 bridgehead atoms. The summed E-state index contributed by atoms with van der Waals surface area (Å²) in [5.41, 5.74) is 2.05. The summed E-state index contributed by atoms with van der Waals surface area (Å²) in [5, 5.41) is 18.0. The zero-order valence-corrected chi connectivity index (χ0v) is 6.53.